The Kier molecular flexibility index (Phi) is 3.50. The third-order valence-electron chi connectivity index (χ3n) is 1.33. The molecular weight excluding hydrogens is 116 g/mol. The zero-order valence-electron chi connectivity index (χ0n) is 5.96. The summed E-state index contributed by atoms with van der Waals surface area (Å²) in [5.41, 5.74) is 0.705. The van der Waals surface area contributed by atoms with Crippen molar-refractivity contribution in [1.29, 1.82) is 0 Å². The van der Waals surface area contributed by atoms with Crippen LogP contribution in [0.2, 0.25) is 0 Å². The van der Waals surface area contributed by atoms with Gasteiger partial charge in [-0.15, -0.1) is 0 Å². The van der Waals surface area contributed by atoms with Crippen LogP contribution in [-0.4, -0.2) is 22.9 Å². The number of aliphatic hydroxyl groups excluding tert-OH is 2. The lowest BCUT2D eigenvalue weighted by molar-refractivity contribution is 0.103. The van der Waals surface area contributed by atoms with Gasteiger partial charge in [-0.3, -0.25) is 0 Å². The van der Waals surface area contributed by atoms with Crippen LogP contribution in [0.15, 0.2) is 12.2 Å². The van der Waals surface area contributed by atoms with Crippen molar-refractivity contribution in [3.8, 4) is 0 Å². The second-order valence-corrected chi connectivity index (χ2v) is 2.45. The highest BCUT2D eigenvalue weighted by molar-refractivity contribution is 4.98. The molecular formula is C7H14O2. The Morgan fingerprint density at radius 1 is 1.67 bits per heavy atom. The fraction of sp³-hybridized carbons (Fsp3) is 0.714. The largest absolute Gasteiger partial charge is 0.396 e. The lowest BCUT2D eigenvalue weighted by Crippen LogP contribution is -2.21. The minimum absolute atomic E-state index is 0.00796. The average Bonchev–Trinajstić information content (AvgIpc) is 1.84. The van der Waals surface area contributed by atoms with Gasteiger partial charge in [0.15, 0.2) is 0 Å². The zero-order chi connectivity index (χ0) is 7.44. The van der Waals surface area contributed by atoms with Crippen molar-refractivity contribution in [2.24, 2.45) is 5.92 Å². The van der Waals surface area contributed by atoms with Crippen molar-refractivity contribution in [3.05, 3.63) is 12.2 Å². The van der Waals surface area contributed by atoms with E-state index in [4.69, 9.17) is 10.2 Å². The molecule has 0 fully saturated rings. The third kappa shape index (κ3) is 2.63. The van der Waals surface area contributed by atoms with E-state index >= 15 is 0 Å². The quantitative estimate of drug-likeness (QED) is 0.548. The van der Waals surface area contributed by atoms with Gasteiger partial charge < -0.3 is 10.2 Å². The maximum absolute atomic E-state index is 9.14. The van der Waals surface area contributed by atoms with E-state index in [0.29, 0.717) is 5.57 Å². The molecule has 54 valence electrons. The van der Waals surface area contributed by atoms with Crippen molar-refractivity contribution in [2.45, 2.75) is 20.0 Å². The highest BCUT2D eigenvalue weighted by Gasteiger charge is 2.12. The van der Waals surface area contributed by atoms with E-state index in [1.165, 1.54) is 0 Å². The highest BCUT2D eigenvalue weighted by Crippen LogP contribution is 2.08. The van der Waals surface area contributed by atoms with Gasteiger partial charge in [-0.1, -0.05) is 19.1 Å². The van der Waals surface area contributed by atoms with Crippen LogP contribution < -0.4 is 0 Å². The van der Waals surface area contributed by atoms with Crippen LogP contribution in [0.5, 0.6) is 0 Å². The van der Waals surface area contributed by atoms with Gasteiger partial charge in [-0.25, -0.2) is 0 Å². The molecule has 0 amide bonds. The van der Waals surface area contributed by atoms with E-state index in [0.717, 1.165) is 0 Å². The third-order valence-corrected chi connectivity index (χ3v) is 1.33. The summed E-state index contributed by atoms with van der Waals surface area (Å²) in [5.74, 6) is -0.0949. The van der Waals surface area contributed by atoms with Crippen LogP contribution in [0.25, 0.3) is 0 Å². The SMILES string of the molecule is C=C(C)C(O)C(C)CO. The number of aliphatic hydroxyl groups is 2. The first-order chi connectivity index (χ1) is 4.09. The molecule has 0 aliphatic carbocycles. The molecule has 9 heavy (non-hydrogen) atoms. The van der Waals surface area contributed by atoms with Gasteiger partial charge in [0.05, 0.1) is 6.10 Å². The van der Waals surface area contributed by atoms with E-state index in [2.05, 4.69) is 6.58 Å². The Labute approximate surface area is 55.8 Å². The van der Waals surface area contributed by atoms with Gasteiger partial charge in [0.25, 0.3) is 0 Å². The van der Waals surface area contributed by atoms with Crippen molar-refractivity contribution >= 4 is 0 Å². The summed E-state index contributed by atoms with van der Waals surface area (Å²) in [4.78, 5) is 0. The van der Waals surface area contributed by atoms with Crippen LogP contribution >= 0.6 is 0 Å². The monoisotopic (exact) mass is 130 g/mol. The fourth-order valence-electron chi connectivity index (χ4n) is 0.586. The fourth-order valence-corrected chi connectivity index (χ4v) is 0.586. The van der Waals surface area contributed by atoms with Crippen molar-refractivity contribution < 1.29 is 10.2 Å². The summed E-state index contributed by atoms with van der Waals surface area (Å²) >= 11 is 0. The Hall–Kier alpha value is -0.340. The number of hydrogen-bond acceptors (Lipinski definition) is 2. The van der Waals surface area contributed by atoms with Gasteiger partial charge in [-0.05, 0) is 6.92 Å². The van der Waals surface area contributed by atoms with Crippen molar-refractivity contribution in [3.63, 3.8) is 0 Å². The molecule has 2 nitrogen and oxygen atoms in total. The maximum Gasteiger partial charge on any atom is 0.0792 e. The van der Waals surface area contributed by atoms with E-state index in [9.17, 15) is 0 Å². The second-order valence-electron chi connectivity index (χ2n) is 2.45. The molecule has 2 atom stereocenters. The number of rotatable bonds is 3. The molecule has 2 unspecified atom stereocenters. The predicted molar refractivity (Wildman–Crippen MR) is 37.1 cm³/mol. The molecule has 0 aliphatic rings. The van der Waals surface area contributed by atoms with E-state index in [-0.39, 0.29) is 12.5 Å². The topological polar surface area (TPSA) is 40.5 Å². The average molecular weight is 130 g/mol. The standard InChI is InChI=1S/C7H14O2/c1-5(2)7(9)6(3)4-8/h6-9H,1,4H2,2-3H3. The molecule has 0 spiro atoms. The molecule has 0 aromatic carbocycles. The first-order valence-electron chi connectivity index (χ1n) is 3.04. The summed E-state index contributed by atoms with van der Waals surface area (Å²) in [7, 11) is 0. The van der Waals surface area contributed by atoms with Gasteiger partial charge in [-0.2, -0.15) is 0 Å². The van der Waals surface area contributed by atoms with Crippen LogP contribution in [-0.2, 0) is 0 Å². The van der Waals surface area contributed by atoms with Gasteiger partial charge >= 0.3 is 0 Å². The van der Waals surface area contributed by atoms with E-state index in [1.807, 2.05) is 0 Å². The molecule has 0 saturated carbocycles. The summed E-state index contributed by atoms with van der Waals surface area (Å²) in [6.45, 7) is 7.09. The van der Waals surface area contributed by atoms with Crippen LogP contribution in [0.3, 0.4) is 0 Å². The maximum atomic E-state index is 9.14. The normalized spacial score (nSPS) is 16.9. The van der Waals surface area contributed by atoms with E-state index in [1.54, 1.807) is 13.8 Å². The summed E-state index contributed by atoms with van der Waals surface area (Å²) < 4.78 is 0. The van der Waals surface area contributed by atoms with Crippen LogP contribution in [0.1, 0.15) is 13.8 Å². The minimum Gasteiger partial charge on any atom is -0.396 e. The highest BCUT2D eigenvalue weighted by atomic mass is 16.3. The van der Waals surface area contributed by atoms with Crippen LogP contribution in [0, 0.1) is 5.92 Å². The molecule has 0 aromatic rings. The molecule has 0 rings (SSSR count). The van der Waals surface area contributed by atoms with Gasteiger partial charge in [0, 0.05) is 12.5 Å². The molecule has 0 aliphatic heterocycles. The van der Waals surface area contributed by atoms with Crippen molar-refractivity contribution in [2.75, 3.05) is 6.61 Å². The molecule has 0 bridgehead atoms. The molecule has 0 saturated heterocycles. The first kappa shape index (κ1) is 8.66. The zero-order valence-corrected chi connectivity index (χ0v) is 5.96. The minimum atomic E-state index is -0.560. The molecule has 2 N–H and O–H groups in total. The Bertz CT molecular complexity index is 99.1. The van der Waals surface area contributed by atoms with Gasteiger partial charge in [0.1, 0.15) is 0 Å². The van der Waals surface area contributed by atoms with E-state index < -0.39 is 6.10 Å². The summed E-state index contributed by atoms with van der Waals surface area (Å²) in [6, 6.07) is 0. The van der Waals surface area contributed by atoms with Crippen molar-refractivity contribution in [1.82, 2.24) is 0 Å². The predicted octanol–water partition coefficient (Wildman–Crippen LogP) is 0.552. The lowest BCUT2D eigenvalue weighted by Gasteiger charge is -2.15. The Balaban J connectivity index is 3.72. The van der Waals surface area contributed by atoms with Crippen LogP contribution in [0.4, 0.5) is 0 Å². The smallest absolute Gasteiger partial charge is 0.0792 e. The summed E-state index contributed by atoms with van der Waals surface area (Å²) in [5, 5.41) is 17.7. The molecule has 0 radical (unpaired) electrons. The second kappa shape index (κ2) is 3.64. The molecule has 0 aromatic heterocycles. The lowest BCUT2D eigenvalue weighted by atomic mass is 10.0. The molecule has 2 heteroatoms. The first-order valence-corrected chi connectivity index (χ1v) is 3.04. The Morgan fingerprint density at radius 2 is 2.11 bits per heavy atom. The number of hydrogen-bond donors (Lipinski definition) is 2. The Morgan fingerprint density at radius 3 is 2.22 bits per heavy atom. The van der Waals surface area contributed by atoms with Gasteiger partial charge in [0.2, 0.25) is 0 Å². The summed E-state index contributed by atoms with van der Waals surface area (Å²) in [6.07, 6.45) is -0.560. The molecule has 0 heterocycles.